The number of carbonyl (C=O) groups excluding carboxylic acids is 2. The van der Waals surface area contributed by atoms with Gasteiger partial charge in [-0.1, -0.05) is 29.8 Å². The number of ether oxygens (including phenoxy) is 1. The molecule has 0 spiro atoms. The van der Waals surface area contributed by atoms with Crippen molar-refractivity contribution in [1.29, 1.82) is 5.26 Å². The number of imidazole rings is 1. The largest absolute Gasteiger partial charge is 0.455 e. The van der Waals surface area contributed by atoms with Crippen molar-refractivity contribution in [2.45, 2.75) is 11.5 Å². The highest BCUT2D eigenvalue weighted by Gasteiger charge is 2.15. The van der Waals surface area contributed by atoms with Gasteiger partial charge in [-0.05, 0) is 42.5 Å². The number of esters is 1. The van der Waals surface area contributed by atoms with Gasteiger partial charge in [0.15, 0.2) is 0 Å². The Labute approximate surface area is 199 Å². The quantitative estimate of drug-likeness (QED) is 0.299. The molecule has 4 rings (SSSR count). The molecule has 0 radical (unpaired) electrons. The SMILES string of the molecule is N#Cc1cccc(NC(=O)CSc2ccccc2C(=O)OCc2cn3cc(Cl)ccc3n2)c1. The van der Waals surface area contributed by atoms with Crippen LogP contribution >= 0.6 is 23.4 Å². The van der Waals surface area contributed by atoms with Gasteiger partial charge in [0, 0.05) is 23.0 Å². The van der Waals surface area contributed by atoms with Crippen LogP contribution in [0.2, 0.25) is 5.02 Å². The summed E-state index contributed by atoms with van der Waals surface area (Å²) in [4.78, 5) is 30.1. The molecule has 0 aliphatic heterocycles. The Kier molecular flexibility index (Phi) is 6.93. The number of nitrogens with one attached hydrogen (secondary N) is 1. The highest BCUT2D eigenvalue weighted by molar-refractivity contribution is 8.00. The first-order chi connectivity index (χ1) is 16.0. The number of hydrogen-bond donors (Lipinski definition) is 1. The molecule has 0 aliphatic carbocycles. The Morgan fingerprint density at radius 1 is 1.12 bits per heavy atom. The Morgan fingerprint density at radius 2 is 1.97 bits per heavy atom. The van der Waals surface area contributed by atoms with E-state index in [1.807, 2.05) is 6.07 Å². The van der Waals surface area contributed by atoms with Crippen molar-refractivity contribution in [3.63, 3.8) is 0 Å². The summed E-state index contributed by atoms with van der Waals surface area (Å²) in [5, 5.41) is 12.3. The minimum atomic E-state index is -0.504. The molecule has 4 aromatic rings. The summed E-state index contributed by atoms with van der Waals surface area (Å²) in [6.07, 6.45) is 3.48. The first-order valence-corrected chi connectivity index (χ1v) is 11.2. The summed E-state index contributed by atoms with van der Waals surface area (Å²) >= 11 is 7.21. The molecule has 0 atom stereocenters. The van der Waals surface area contributed by atoms with Crippen LogP contribution in [0.15, 0.2) is 78.0 Å². The molecule has 0 saturated heterocycles. The molecule has 2 aromatic carbocycles. The zero-order chi connectivity index (χ0) is 23.2. The number of benzene rings is 2. The normalized spacial score (nSPS) is 10.5. The van der Waals surface area contributed by atoms with E-state index < -0.39 is 5.97 Å². The Hall–Kier alpha value is -3.80. The zero-order valence-electron chi connectivity index (χ0n) is 17.2. The topological polar surface area (TPSA) is 96.5 Å². The van der Waals surface area contributed by atoms with Crippen LogP contribution in [0.25, 0.3) is 5.65 Å². The summed E-state index contributed by atoms with van der Waals surface area (Å²) < 4.78 is 7.21. The van der Waals surface area contributed by atoms with E-state index in [1.54, 1.807) is 77.5 Å². The summed E-state index contributed by atoms with van der Waals surface area (Å²) in [5.74, 6) is -0.661. The predicted molar refractivity (Wildman–Crippen MR) is 126 cm³/mol. The second kappa shape index (κ2) is 10.2. The lowest BCUT2D eigenvalue weighted by molar-refractivity contribution is -0.113. The van der Waals surface area contributed by atoms with Crippen LogP contribution in [0, 0.1) is 11.3 Å². The molecule has 7 nitrogen and oxygen atoms in total. The van der Waals surface area contributed by atoms with Gasteiger partial charge in [0.25, 0.3) is 0 Å². The third kappa shape index (κ3) is 5.71. The zero-order valence-corrected chi connectivity index (χ0v) is 18.8. The van der Waals surface area contributed by atoms with Crippen molar-refractivity contribution in [2.75, 3.05) is 11.1 Å². The molecule has 0 bridgehead atoms. The number of carbonyl (C=O) groups is 2. The van der Waals surface area contributed by atoms with Gasteiger partial charge in [0.1, 0.15) is 12.3 Å². The first-order valence-electron chi connectivity index (χ1n) is 9.84. The molecule has 0 saturated carbocycles. The second-order valence-electron chi connectivity index (χ2n) is 6.95. The highest BCUT2D eigenvalue weighted by atomic mass is 35.5. The van der Waals surface area contributed by atoms with E-state index in [0.29, 0.717) is 38.1 Å². The van der Waals surface area contributed by atoms with Crippen LogP contribution in [-0.2, 0) is 16.1 Å². The van der Waals surface area contributed by atoms with Crippen LogP contribution in [0.5, 0.6) is 0 Å². The van der Waals surface area contributed by atoms with Gasteiger partial charge in [-0.15, -0.1) is 11.8 Å². The molecule has 9 heteroatoms. The van der Waals surface area contributed by atoms with E-state index in [4.69, 9.17) is 21.6 Å². The lowest BCUT2D eigenvalue weighted by Gasteiger charge is -2.09. The molecular formula is C24H17ClN4O3S. The highest BCUT2D eigenvalue weighted by Crippen LogP contribution is 2.24. The van der Waals surface area contributed by atoms with E-state index >= 15 is 0 Å². The third-order valence-corrected chi connectivity index (χ3v) is 5.85. The fourth-order valence-electron chi connectivity index (χ4n) is 3.07. The van der Waals surface area contributed by atoms with Crippen LogP contribution in [0.3, 0.4) is 0 Å². The smallest absolute Gasteiger partial charge is 0.339 e. The van der Waals surface area contributed by atoms with Crippen molar-refractivity contribution in [3.8, 4) is 6.07 Å². The Bertz CT molecular complexity index is 1380. The number of aromatic nitrogens is 2. The first kappa shape index (κ1) is 22.4. The summed E-state index contributed by atoms with van der Waals surface area (Å²) in [6, 6.07) is 19.2. The summed E-state index contributed by atoms with van der Waals surface area (Å²) in [5.41, 5.74) is 2.67. The molecular weight excluding hydrogens is 460 g/mol. The van der Waals surface area contributed by atoms with Crippen LogP contribution in [0.4, 0.5) is 5.69 Å². The van der Waals surface area contributed by atoms with Gasteiger partial charge in [0.2, 0.25) is 5.91 Å². The van der Waals surface area contributed by atoms with Gasteiger partial charge in [-0.3, -0.25) is 4.79 Å². The number of nitrogens with zero attached hydrogens (tertiary/aromatic N) is 3. The maximum atomic E-state index is 12.7. The van der Waals surface area contributed by atoms with Crippen LogP contribution in [0.1, 0.15) is 21.6 Å². The predicted octanol–water partition coefficient (Wildman–Crippen LogP) is 4.95. The average Bonchev–Trinajstić information content (AvgIpc) is 3.23. The van der Waals surface area contributed by atoms with E-state index in [9.17, 15) is 9.59 Å². The Balaban J connectivity index is 1.37. The lowest BCUT2D eigenvalue weighted by atomic mass is 10.2. The number of thioether (sulfide) groups is 1. The van der Waals surface area contributed by atoms with Crippen molar-refractivity contribution in [3.05, 3.63) is 94.9 Å². The summed E-state index contributed by atoms with van der Waals surface area (Å²) in [7, 11) is 0. The Morgan fingerprint density at radius 3 is 2.82 bits per heavy atom. The summed E-state index contributed by atoms with van der Waals surface area (Å²) in [6.45, 7) is 0.00680. The average molecular weight is 477 g/mol. The maximum Gasteiger partial charge on any atom is 0.339 e. The third-order valence-electron chi connectivity index (χ3n) is 4.56. The van der Waals surface area contributed by atoms with E-state index in [0.717, 1.165) is 0 Å². The van der Waals surface area contributed by atoms with Crippen molar-refractivity contribution in [2.24, 2.45) is 0 Å². The molecule has 0 aliphatic rings. The molecule has 0 unspecified atom stereocenters. The standard InChI is InChI=1S/C24H17ClN4O3S/c25-17-8-9-22-27-19(13-29(22)12-17)14-32-24(31)20-6-1-2-7-21(20)33-15-23(30)28-18-5-3-4-16(10-18)11-26/h1-10,12-13H,14-15H2,(H,28,30). The minimum Gasteiger partial charge on any atom is -0.455 e. The molecule has 1 amide bonds. The molecule has 33 heavy (non-hydrogen) atoms. The monoisotopic (exact) mass is 476 g/mol. The van der Waals surface area contributed by atoms with Gasteiger partial charge < -0.3 is 14.5 Å². The maximum absolute atomic E-state index is 12.7. The van der Waals surface area contributed by atoms with E-state index in [-0.39, 0.29) is 18.3 Å². The van der Waals surface area contributed by atoms with Crippen LogP contribution < -0.4 is 5.32 Å². The number of nitriles is 1. The van der Waals surface area contributed by atoms with Crippen molar-refractivity contribution >= 4 is 46.6 Å². The molecule has 1 N–H and O–H groups in total. The van der Waals surface area contributed by atoms with Crippen molar-refractivity contribution in [1.82, 2.24) is 9.38 Å². The van der Waals surface area contributed by atoms with Crippen molar-refractivity contribution < 1.29 is 14.3 Å². The minimum absolute atomic E-state index is 0.00680. The number of pyridine rings is 1. The van der Waals surface area contributed by atoms with Gasteiger partial charge in [-0.2, -0.15) is 5.26 Å². The molecule has 2 heterocycles. The van der Waals surface area contributed by atoms with Gasteiger partial charge >= 0.3 is 5.97 Å². The fourth-order valence-corrected chi connectivity index (χ4v) is 4.08. The number of anilines is 1. The number of hydrogen-bond acceptors (Lipinski definition) is 6. The van der Waals surface area contributed by atoms with E-state index in [1.165, 1.54) is 11.8 Å². The number of amides is 1. The van der Waals surface area contributed by atoms with Gasteiger partial charge in [0.05, 0.1) is 33.7 Å². The molecule has 2 aromatic heterocycles. The van der Waals surface area contributed by atoms with Crippen LogP contribution in [-0.4, -0.2) is 27.0 Å². The molecule has 164 valence electrons. The van der Waals surface area contributed by atoms with Gasteiger partial charge in [-0.25, -0.2) is 9.78 Å². The molecule has 0 fully saturated rings. The second-order valence-corrected chi connectivity index (χ2v) is 8.40. The number of rotatable bonds is 7. The lowest BCUT2D eigenvalue weighted by Crippen LogP contribution is -2.14. The number of halogens is 1. The number of fused-ring (bicyclic) bond motifs is 1. The van der Waals surface area contributed by atoms with E-state index in [2.05, 4.69) is 10.3 Å². The fraction of sp³-hybridized carbons (Fsp3) is 0.0833.